The molecule has 7 aromatic carbocycles. The number of cyclic esters (lactones) is 1. The first kappa shape index (κ1) is 130. The van der Waals surface area contributed by atoms with Crippen molar-refractivity contribution in [3.8, 4) is 51.8 Å². The molecule has 8 N–H and O–H groups in total. The van der Waals surface area contributed by atoms with Crippen molar-refractivity contribution in [2.24, 2.45) is 0 Å². The van der Waals surface area contributed by atoms with Gasteiger partial charge in [-0.2, -0.15) is 8.42 Å². The van der Waals surface area contributed by atoms with E-state index in [1.807, 2.05) is 107 Å². The number of aryl methyl sites for hydroxylation is 2. The van der Waals surface area contributed by atoms with E-state index in [1.165, 1.54) is 82.9 Å². The SMILES string of the molecule is C#C[Si](C)(C)C.CC[C@@]1(O)C(=O)CCc2c1cc1n(c2=O)Cc2c-1nc1ccccc1c2CC[Si](C)(C)C.CC[C@@]1(O)C(=O)OCc2c1cc1n(c2=O)CCC1=O.C[Si](C)(C)C#CC(=O)c1ccccc1[N+](=O)[O-].C[Si](C)(C)C#CC(O)c1ccccc1[N+](=O)[O-].C[Si](C)(C)CCC(=O)c1ccccc1N.C[Si](C)(C)CCC(=O)c1ccccc1N.Cc1ccc(S(=O)(=O)O)cc1.O=Cc1ccccc1[N+](=O)[O-].[C-]#C[Si](C)(C)C.[Li+]. The minimum absolute atomic E-state index is 0. The molecule has 1 unspecified atom stereocenters. The maximum absolute atomic E-state index is 13.5. The van der Waals surface area contributed by atoms with Crippen molar-refractivity contribution >= 4 is 147 Å². The van der Waals surface area contributed by atoms with Crippen LogP contribution in [-0.4, -0.2) is 155 Å². The average Bonchev–Trinajstić information content (AvgIpc) is 1.61. The number of nitrogens with two attached hydrogens (primary N) is 2. The Morgan fingerprint density at radius 1 is 0.560 bits per heavy atom. The third-order valence-electron chi connectivity index (χ3n) is 23.1. The first-order chi connectivity index (χ1) is 68.9. The summed E-state index contributed by atoms with van der Waals surface area (Å²) < 4.78 is 37.6. The Hall–Kier alpha value is -12.7. The molecule has 150 heavy (non-hydrogen) atoms. The number of rotatable bonds is 20. The number of Topliss-reactive ketones (excluding diaryl/α,β-unsaturated/α-hetero) is 5. The van der Waals surface area contributed by atoms with Crippen LogP contribution in [0.15, 0.2) is 196 Å². The van der Waals surface area contributed by atoms with Crippen molar-refractivity contribution in [1.82, 2.24) is 14.1 Å². The number of aldehydes is 1. The van der Waals surface area contributed by atoms with Crippen LogP contribution in [0.1, 0.15) is 155 Å². The number of terminal acetylenes is 1. The van der Waals surface area contributed by atoms with Gasteiger partial charge in [0.15, 0.2) is 35.0 Å². The van der Waals surface area contributed by atoms with E-state index < -0.39 is 110 Å². The molecule has 3 atom stereocenters. The van der Waals surface area contributed by atoms with Gasteiger partial charge in [-0.15, -0.1) is 23.1 Å². The molecule has 6 heterocycles. The third-order valence-corrected chi connectivity index (χ3v) is 32.6. The molecule has 39 heteroatoms. The van der Waals surface area contributed by atoms with Crippen LogP contribution in [0.25, 0.3) is 22.3 Å². The molecule has 14 rings (SSSR count). The number of nitrogens with zero attached hydrogens (tertiary/aromatic N) is 6. The number of aromatic nitrogens is 3. The van der Waals surface area contributed by atoms with E-state index in [-0.39, 0.29) is 141 Å². The fourth-order valence-corrected chi connectivity index (χ4v) is 19.1. The zero-order chi connectivity index (χ0) is 113. The number of carbonyl (C=O) groups is 7. The second kappa shape index (κ2) is 55.9. The van der Waals surface area contributed by atoms with Crippen molar-refractivity contribution in [3.05, 3.63) is 312 Å². The van der Waals surface area contributed by atoms with Gasteiger partial charge in [0.2, 0.25) is 5.78 Å². The fourth-order valence-electron chi connectivity index (χ4n) is 14.6. The summed E-state index contributed by atoms with van der Waals surface area (Å²) in [4.78, 5) is 143. The molecular formula is C111H141LiN8O22SSi7. The minimum atomic E-state index is -4.02. The van der Waals surface area contributed by atoms with Crippen LogP contribution in [0.4, 0.5) is 28.4 Å². The number of nitro benzene ring substituents is 3. The summed E-state index contributed by atoms with van der Waals surface area (Å²) in [6.45, 7) is 51.6. The fraction of sp³-hybridized carbons (Fsp3) is 0.369. The molecular weight excluding hydrogens is 2030 g/mol. The Kier molecular flexibility index (Phi) is 48.3. The second-order valence-corrected chi connectivity index (χ2v) is 81.1. The summed E-state index contributed by atoms with van der Waals surface area (Å²) in [6.07, 6.45) is 14.6. The Bertz CT molecular complexity index is 7000. The quantitative estimate of drug-likeness (QED) is 0.00394. The Morgan fingerprint density at radius 3 is 1.45 bits per heavy atom. The van der Waals surface area contributed by atoms with Crippen molar-refractivity contribution < 1.29 is 100 Å². The first-order valence-corrected chi connectivity index (χ1v) is 75.3. The molecule has 0 radical (unpaired) electrons. The normalized spacial score (nSPS) is 14.6. The molecule has 0 saturated carbocycles. The molecule has 0 amide bonds. The van der Waals surface area contributed by atoms with E-state index in [4.69, 9.17) is 38.6 Å². The van der Waals surface area contributed by atoms with Gasteiger partial charge >= 0.3 is 24.8 Å². The van der Waals surface area contributed by atoms with Gasteiger partial charge in [0.1, 0.15) is 48.1 Å². The van der Waals surface area contributed by atoms with Crippen LogP contribution < -0.4 is 41.4 Å². The molecule has 0 bridgehead atoms. The van der Waals surface area contributed by atoms with E-state index in [0.29, 0.717) is 72.3 Å². The number of anilines is 2. The molecule has 4 aliphatic rings. The average molecular weight is 2170 g/mol. The van der Waals surface area contributed by atoms with E-state index in [9.17, 15) is 97.2 Å². The number of nitro groups is 3. The standard InChI is InChI=1S/C26H30N2O3Si.C13H13NO5.C12H15NO3Si.C12H13NO3Si.2C12H19NOSi.C7H5NO3.C7H8O3S.C5H10Si.C5H9Si.Li/c1-5-26(31)20-14-22-24-19(15-28(22)25(30)18(20)10-11-23(26)29)16(12-13-32(2,3)4)17-8-6-7-9-21(17)27-24;1-2-13(18)8-5-9-10(15)3-4-14(9)11(16)7(8)6-19-12(13)17;2*1-17(2,3)9-8-12(14)10-6-4-5-7-11(10)13(15)16;2*1-15(2,3)9-8-12(14)10-6-4-5-7-11(10)13;9-5-6-3-1-2-4-7(6)8(10)11;1-6-2-4-7(5-3-6)11(8,9)10;2*1-5-6(2,3)4;/h6-9,14,31H,5,10-13,15H2,1-4H3;5,18H,2-4,6H2,1H3;4-7,12,14H,1-3H3;4-7H,1-3H3;2*4-7H,8-9,13H2,1-3H3;1-5H;2-5H,1H3,(H,8,9,10);1H,2-4H3;2-4H3;/q;;;;;;;;;-1;+1/t26-;13-;;;;;;;;;/m00........./s1. The van der Waals surface area contributed by atoms with Crippen LogP contribution >= 0.6 is 0 Å². The number of esters is 1. The van der Waals surface area contributed by atoms with E-state index in [0.717, 1.165) is 51.9 Å². The number of aliphatic hydroxyl groups is 3. The Morgan fingerprint density at radius 2 is 1.00 bits per heavy atom. The molecule has 30 nitrogen and oxygen atoms in total. The second-order valence-electron chi connectivity index (χ2n) is 43.8. The van der Waals surface area contributed by atoms with Gasteiger partial charge in [0.25, 0.3) is 38.3 Å². The summed E-state index contributed by atoms with van der Waals surface area (Å²) in [5.41, 5.74) is 29.0. The van der Waals surface area contributed by atoms with Crippen molar-refractivity contribution in [2.45, 2.75) is 270 Å². The van der Waals surface area contributed by atoms with Crippen LogP contribution in [0.5, 0.6) is 0 Å². The van der Waals surface area contributed by atoms with E-state index in [1.54, 1.807) is 66.9 Å². The molecule has 0 spiro atoms. The largest absolute Gasteiger partial charge is 1.00 e. The molecule has 3 aliphatic heterocycles. The molecule has 792 valence electrons. The van der Waals surface area contributed by atoms with E-state index in [2.05, 4.69) is 138 Å². The van der Waals surface area contributed by atoms with Crippen LogP contribution in [0.3, 0.4) is 0 Å². The summed E-state index contributed by atoms with van der Waals surface area (Å²) >= 11 is 0. The maximum Gasteiger partial charge on any atom is 1.00 e. The smallest absolute Gasteiger partial charge is 0.701 e. The number of benzene rings is 7. The monoisotopic (exact) mass is 2170 g/mol. The molecule has 3 aromatic heterocycles. The third kappa shape index (κ3) is 39.6. The predicted octanol–water partition coefficient (Wildman–Crippen LogP) is 18.6. The van der Waals surface area contributed by atoms with Crippen molar-refractivity contribution in [2.75, 3.05) is 11.5 Å². The van der Waals surface area contributed by atoms with Crippen molar-refractivity contribution in [1.29, 1.82) is 0 Å². The van der Waals surface area contributed by atoms with Gasteiger partial charge in [-0.05, 0) is 117 Å². The topological polar surface area (TPSA) is 482 Å². The van der Waals surface area contributed by atoms with Crippen LogP contribution in [0, 0.1) is 84.1 Å². The van der Waals surface area contributed by atoms with Gasteiger partial charge in [-0.1, -0.05) is 272 Å². The summed E-state index contributed by atoms with van der Waals surface area (Å²) in [6, 6.07) is 53.1. The zero-order valence-electron chi connectivity index (χ0n) is 90.8. The van der Waals surface area contributed by atoms with Gasteiger partial charge in [0, 0.05) is 125 Å². The number of fused-ring (bicyclic) bond motifs is 7. The number of nitrogen functional groups attached to an aromatic ring is 2. The number of para-hydroxylation sites is 6. The van der Waals surface area contributed by atoms with Gasteiger partial charge in [0.05, 0.1) is 73.6 Å². The summed E-state index contributed by atoms with van der Waals surface area (Å²) in [5.74, 6) is 3.96. The van der Waals surface area contributed by atoms with Gasteiger partial charge < -0.3 is 52.6 Å². The predicted molar refractivity (Wildman–Crippen MR) is 609 cm³/mol. The Labute approximate surface area is 899 Å². The zero-order valence-corrected chi connectivity index (χ0v) is 98.7. The molecule has 0 fully saturated rings. The maximum atomic E-state index is 13.5. The summed E-state index contributed by atoms with van der Waals surface area (Å²) in [5, 5.41) is 64.4. The molecule has 0 saturated heterocycles. The number of hydrogen-bond donors (Lipinski definition) is 6. The van der Waals surface area contributed by atoms with Gasteiger partial charge in [-0.3, -0.25) is 73.3 Å². The number of ether oxygens (including phenoxy) is 1. The Balaban J connectivity index is 0.000000358. The number of ketones is 5. The van der Waals surface area contributed by atoms with Crippen LogP contribution in [-0.2, 0) is 68.2 Å². The summed E-state index contributed by atoms with van der Waals surface area (Å²) in [7, 11) is -13.1. The number of hydrogen-bond acceptors (Lipinski definition) is 24. The first-order valence-electron chi connectivity index (χ1n) is 48.7. The molecule has 1 aliphatic carbocycles. The van der Waals surface area contributed by atoms with Crippen LogP contribution in [0.2, 0.25) is 156 Å². The number of pyridine rings is 3. The number of carbonyl (C=O) groups excluding carboxylic acids is 7. The van der Waals surface area contributed by atoms with Gasteiger partial charge in [-0.25, -0.2) is 9.78 Å². The minimum Gasteiger partial charge on any atom is -0.701 e. The van der Waals surface area contributed by atoms with Crippen molar-refractivity contribution in [3.63, 3.8) is 0 Å². The molecule has 10 aromatic rings. The van der Waals surface area contributed by atoms with E-state index >= 15 is 0 Å². The number of aliphatic hydroxyl groups excluding tert-OH is 1.